The molecule has 0 bridgehead atoms. The molecule has 0 amide bonds. The Morgan fingerprint density at radius 1 is 1.05 bits per heavy atom. The van der Waals surface area contributed by atoms with Gasteiger partial charge >= 0.3 is 0 Å². The van der Waals surface area contributed by atoms with E-state index in [0.717, 1.165) is 5.69 Å². The molecule has 0 aromatic heterocycles. The highest BCUT2D eigenvalue weighted by Crippen LogP contribution is 2.32. The van der Waals surface area contributed by atoms with Crippen LogP contribution in [0.25, 0.3) is 0 Å². The van der Waals surface area contributed by atoms with Gasteiger partial charge in [0.05, 0.1) is 31.2 Å². The summed E-state index contributed by atoms with van der Waals surface area (Å²) in [5.74, 6) is 1.33. The van der Waals surface area contributed by atoms with Gasteiger partial charge in [0.15, 0.2) is 0 Å². The van der Waals surface area contributed by atoms with E-state index in [-0.39, 0.29) is 0 Å². The van der Waals surface area contributed by atoms with Gasteiger partial charge in [-0.15, -0.1) is 0 Å². The van der Waals surface area contributed by atoms with Crippen molar-refractivity contribution >= 4 is 17.1 Å². The van der Waals surface area contributed by atoms with E-state index in [1.54, 1.807) is 38.5 Å². The quantitative estimate of drug-likeness (QED) is 0.834. The molecule has 2 aromatic rings. The number of hydrogen-bond acceptors (Lipinski definition) is 5. The highest BCUT2D eigenvalue weighted by molar-refractivity contribution is 5.73. The molecule has 0 heterocycles. The fourth-order valence-corrected chi connectivity index (χ4v) is 1.81. The molecule has 0 fully saturated rings. The Hall–Kier alpha value is -2.87. The molecular formula is C15H15N3O2. The Labute approximate surface area is 117 Å². The Morgan fingerprint density at radius 2 is 1.80 bits per heavy atom. The predicted molar refractivity (Wildman–Crippen MR) is 78.4 cm³/mol. The van der Waals surface area contributed by atoms with Crippen molar-refractivity contribution in [3.63, 3.8) is 0 Å². The molecule has 0 spiro atoms. The summed E-state index contributed by atoms with van der Waals surface area (Å²) < 4.78 is 10.5. The van der Waals surface area contributed by atoms with E-state index in [1.807, 2.05) is 12.1 Å². The summed E-state index contributed by atoms with van der Waals surface area (Å²) in [6, 6.07) is 12.6. The van der Waals surface area contributed by atoms with E-state index in [0.29, 0.717) is 28.4 Å². The molecule has 0 saturated heterocycles. The van der Waals surface area contributed by atoms with Crippen LogP contribution in [0.15, 0.2) is 36.4 Å². The number of methoxy groups -OCH3 is 2. The van der Waals surface area contributed by atoms with Gasteiger partial charge in [-0.2, -0.15) is 5.26 Å². The molecule has 0 aliphatic rings. The van der Waals surface area contributed by atoms with Gasteiger partial charge in [0, 0.05) is 11.8 Å². The van der Waals surface area contributed by atoms with Crippen molar-refractivity contribution in [2.75, 3.05) is 25.3 Å². The van der Waals surface area contributed by atoms with Crippen LogP contribution in [0.1, 0.15) is 5.56 Å². The molecule has 0 radical (unpaired) electrons. The van der Waals surface area contributed by atoms with Crippen LogP contribution in [-0.2, 0) is 0 Å². The standard InChI is InChI=1S/C15H15N3O2/c1-19-12-4-6-14(15(8-12)20-2)18-13-5-3-11(17)7-10(13)9-16/h3-8,18H,17H2,1-2H3. The highest BCUT2D eigenvalue weighted by atomic mass is 16.5. The lowest BCUT2D eigenvalue weighted by atomic mass is 10.1. The van der Waals surface area contributed by atoms with Gasteiger partial charge in [0.25, 0.3) is 0 Å². The molecule has 2 aromatic carbocycles. The lowest BCUT2D eigenvalue weighted by molar-refractivity contribution is 0.395. The zero-order valence-corrected chi connectivity index (χ0v) is 11.3. The molecule has 102 valence electrons. The molecule has 0 unspecified atom stereocenters. The number of benzene rings is 2. The first-order valence-electron chi connectivity index (χ1n) is 5.96. The van der Waals surface area contributed by atoms with Crippen LogP contribution in [0.5, 0.6) is 11.5 Å². The number of hydrogen-bond donors (Lipinski definition) is 2. The topological polar surface area (TPSA) is 80.3 Å². The molecule has 0 saturated carbocycles. The SMILES string of the molecule is COc1ccc(Nc2ccc(N)cc2C#N)c(OC)c1. The zero-order chi connectivity index (χ0) is 14.5. The Balaban J connectivity index is 2.37. The van der Waals surface area contributed by atoms with E-state index in [9.17, 15) is 0 Å². The fourth-order valence-electron chi connectivity index (χ4n) is 1.81. The van der Waals surface area contributed by atoms with Crippen molar-refractivity contribution in [2.24, 2.45) is 0 Å². The third-order valence-corrected chi connectivity index (χ3v) is 2.84. The van der Waals surface area contributed by atoms with Gasteiger partial charge in [-0.1, -0.05) is 0 Å². The number of rotatable bonds is 4. The van der Waals surface area contributed by atoms with Gasteiger partial charge in [0.2, 0.25) is 0 Å². The summed E-state index contributed by atoms with van der Waals surface area (Å²) in [7, 11) is 3.17. The van der Waals surface area contributed by atoms with Gasteiger partial charge < -0.3 is 20.5 Å². The summed E-state index contributed by atoms with van der Waals surface area (Å²) >= 11 is 0. The molecule has 20 heavy (non-hydrogen) atoms. The van der Waals surface area contributed by atoms with Crippen LogP contribution >= 0.6 is 0 Å². The van der Waals surface area contributed by atoms with E-state index >= 15 is 0 Å². The minimum absolute atomic E-state index is 0.475. The van der Waals surface area contributed by atoms with Gasteiger partial charge in [-0.25, -0.2) is 0 Å². The lowest BCUT2D eigenvalue weighted by Gasteiger charge is -2.13. The number of nitrogens with one attached hydrogen (secondary N) is 1. The summed E-state index contributed by atoms with van der Waals surface area (Å²) in [6.07, 6.45) is 0. The zero-order valence-electron chi connectivity index (χ0n) is 11.3. The van der Waals surface area contributed by atoms with Crippen molar-refractivity contribution in [2.45, 2.75) is 0 Å². The third kappa shape index (κ3) is 2.75. The van der Waals surface area contributed by atoms with Crippen LogP contribution in [0.4, 0.5) is 17.1 Å². The molecule has 2 rings (SSSR count). The summed E-state index contributed by atoms with van der Waals surface area (Å²) in [5.41, 5.74) is 8.11. The average Bonchev–Trinajstić information content (AvgIpc) is 2.49. The van der Waals surface area contributed by atoms with Crippen LogP contribution < -0.4 is 20.5 Å². The number of nitrogens with two attached hydrogens (primary N) is 1. The highest BCUT2D eigenvalue weighted by Gasteiger charge is 2.08. The van der Waals surface area contributed by atoms with Crippen LogP contribution in [-0.4, -0.2) is 14.2 Å². The first-order valence-corrected chi connectivity index (χ1v) is 5.96. The van der Waals surface area contributed by atoms with Crippen molar-refractivity contribution in [3.05, 3.63) is 42.0 Å². The average molecular weight is 269 g/mol. The maximum absolute atomic E-state index is 9.13. The Kier molecular flexibility index (Phi) is 3.96. The van der Waals surface area contributed by atoms with Crippen molar-refractivity contribution < 1.29 is 9.47 Å². The lowest BCUT2D eigenvalue weighted by Crippen LogP contribution is -1.98. The van der Waals surface area contributed by atoms with Crippen molar-refractivity contribution in [1.82, 2.24) is 0 Å². The minimum Gasteiger partial charge on any atom is -0.497 e. The molecular weight excluding hydrogens is 254 g/mol. The first-order chi connectivity index (χ1) is 9.67. The minimum atomic E-state index is 0.475. The largest absolute Gasteiger partial charge is 0.497 e. The normalized spacial score (nSPS) is 9.65. The Morgan fingerprint density at radius 3 is 2.45 bits per heavy atom. The van der Waals surface area contributed by atoms with E-state index in [1.165, 1.54) is 0 Å². The molecule has 3 N–H and O–H groups in total. The third-order valence-electron chi connectivity index (χ3n) is 2.84. The molecule has 0 aliphatic heterocycles. The molecule has 0 atom stereocenters. The van der Waals surface area contributed by atoms with Gasteiger partial charge in [-0.3, -0.25) is 0 Å². The molecule has 5 heteroatoms. The maximum atomic E-state index is 9.13. The van der Waals surface area contributed by atoms with Crippen molar-refractivity contribution in [1.29, 1.82) is 5.26 Å². The number of ether oxygens (including phenoxy) is 2. The fraction of sp³-hybridized carbons (Fsp3) is 0.133. The summed E-state index contributed by atoms with van der Waals surface area (Å²) in [5, 5.41) is 12.3. The van der Waals surface area contributed by atoms with Gasteiger partial charge in [-0.05, 0) is 30.3 Å². The maximum Gasteiger partial charge on any atom is 0.145 e. The van der Waals surface area contributed by atoms with Crippen LogP contribution in [0, 0.1) is 11.3 Å². The second kappa shape index (κ2) is 5.85. The van der Waals surface area contributed by atoms with Crippen molar-refractivity contribution in [3.8, 4) is 17.6 Å². The second-order valence-corrected chi connectivity index (χ2v) is 4.11. The van der Waals surface area contributed by atoms with E-state index < -0.39 is 0 Å². The Bertz CT molecular complexity index is 663. The first kappa shape index (κ1) is 13.6. The number of nitrogen functional groups attached to an aromatic ring is 1. The van der Waals surface area contributed by atoms with Crippen LogP contribution in [0.3, 0.4) is 0 Å². The predicted octanol–water partition coefficient (Wildman–Crippen LogP) is 2.90. The molecule has 0 aliphatic carbocycles. The van der Waals surface area contributed by atoms with Gasteiger partial charge in [0.1, 0.15) is 17.6 Å². The summed E-state index contributed by atoms with van der Waals surface area (Å²) in [6.45, 7) is 0. The van der Waals surface area contributed by atoms with Crippen LogP contribution in [0.2, 0.25) is 0 Å². The molecule has 5 nitrogen and oxygen atoms in total. The number of anilines is 3. The second-order valence-electron chi connectivity index (χ2n) is 4.11. The van der Waals surface area contributed by atoms with E-state index in [4.69, 9.17) is 20.5 Å². The van der Waals surface area contributed by atoms with E-state index in [2.05, 4.69) is 11.4 Å². The number of nitrogens with zero attached hydrogens (tertiary/aromatic N) is 1. The summed E-state index contributed by atoms with van der Waals surface area (Å²) in [4.78, 5) is 0. The monoisotopic (exact) mass is 269 g/mol. The smallest absolute Gasteiger partial charge is 0.145 e. The number of nitriles is 1.